The number of carbonyl (C=O) groups excluding carboxylic acids is 2. The second-order valence-electron chi connectivity index (χ2n) is 6.15. The summed E-state index contributed by atoms with van der Waals surface area (Å²) in [6.45, 7) is 2.72. The summed E-state index contributed by atoms with van der Waals surface area (Å²) in [4.78, 5) is 25.8. The summed E-state index contributed by atoms with van der Waals surface area (Å²) in [5.41, 5.74) is 1.77. The molecule has 3 rings (SSSR count). The lowest BCUT2D eigenvalue weighted by Crippen LogP contribution is -2.28. The summed E-state index contributed by atoms with van der Waals surface area (Å²) < 4.78 is 13.7. The van der Waals surface area contributed by atoms with Crippen LogP contribution in [0.2, 0.25) is 0 Å². The minimum absolute atomic E-state index is 0.0351. The van der Waals surface area contributed by atoms with Gasteiger partial charge in [0.25, 0.3) is 11.1 Å². The molecule has 0 saturated carbocycles. The van der Waals surface area contributed by atoms with Crippen molar-refractivity contribution in [2.24, 2.45) is 0 Å². The Balaban J connectivity index is 1.86. The molecule has 1 fully saturated rings. The third-order valence-corrected chi connectivity index (χ3v) is 6.29. The number of benzene rings is 2. The topological polar surface area (TPSA) is 55.8 Å². The number of imide groups is 1. The fourth-order valence-corrected chi connectivity index (χ4v) is 4.57. The zero-order valence-electron chi connectivity index (χ0n) is 16.0. The number of rotatable bonds is 7. The van der Waals surface area contributed by atoms with E-state index in [2.05, 4.69) is 44.4 Å². The van der Waals surface area contributed by atoms with Crippen molar-refractivity contribution < 1.29 is 19.1 Å². The molecule has 1 heterocycles. The minimum atomic E-state index is -0.383. The Labute approximate surface area is 201 Å². The lowest BCUT2D eigenvalue weighted by molar-refractivity contribution is -0.122. The fraction of sp³-hybridized carbons (Fsp3) is 0.182. The van der Waals surface area contributed by atoms with Gasteiger partial charge in [0.1, 0.15) is 6.61 Å². The average Bonchev–Trinajstić information content (AvgIpc) is 2.97. The number of thioether (sulfide) groups is 1. The minimum Gasteiger partial charge on any atom is -0.490 e. The van der Waals surface area contributed by atoms with Gasteiger partial charge in [-0.25, -0.2) is 0 Å². The van der Waals surface area contributed by atoms with Crippen molar-refractivity contribution in [3.05, 3.63) is 60.5 Å². The molecule has 0 atom stereocenters. The molecular formula is C22H17BrINO4S. The molecule has 1 aliphatic heterocycles. The highest BCUT2D eigenvalue weighted by atomic mass is 127. The number of ether oxygens (including phenoxy) is 2. The average molecular weight is 598 g/mol. The Hall–Kier alpha value is -1.96. The molecule has 0 aromatic heterocycles. The van der Waals surface area contributed by atoms with E-state index in [1.807, 2.05) is 37.3 Å². The van der Waals surface area contributed by atoms with Crippen LogP contribution in [0.5, 0.6) is 11.5 Å². The molecule has 1 aliphatic rings. The molecule has 8 heteroatoms. The predicted octanol–water partition coefficient (Wildman–Crippen LogP) is 5.70. The number of carbonyl (C=O) groups is 2. The SMILES string of the molecule is C#CCN1C(=O)S/C(=C/c2cc(I)c(OCc3ccc(Br)cc3)c(OCC)c2)C1=O. The van der Waals surface area contributed by atoms with Crippen LogP contribution in [0.25, 0.3) is 6.08 Å². The smallest absolute Gasteiger partial charge is 0.294 e. The van der Waals surface area contributed by atoms with Crippen LogP contribution in [0.1, 0.15) is 18.1 Å². The van der Waals surface area contributed by atoms with Gasteiger partial charge in [0.15, 0.2) is 11.5 Å². The van der Waals surface area contributed by atoms with Crippen LogP contribution in [0.4, 0.5) is 4.79 Å². The van der Waals surface area contributed by atoms with Crippen molar-refractivity contribution >= 4 is 67.5 Å². The first-order chi connectivity index (χ1) is 14.4. The maximum atomic E-state index is 12.4. The molecular weight excluding hydrogens is 581 g/mol. The van der Waals surface area contributed by atoms with E-state index in [1.54, 1.807) is 12.1 Å². The molecule has 1 saturated heterocycles. The molecule has 0 unspecified atom stereocenters. The van der Waals surface area contributed by atoms with Crippen LogP contribution in [-0.2, 0) is 11.4 Å². The third kappa shape index (κ3) is 5.39. The molecule has 0 aliphatic carbocycles. The molecule has 154 valence electrons. The summed E-state index contributed by atoms with van der Waals surface area (Å²) in [6.07, 6.45) is 6.91. The highest BCUT2D eigenvalue weighted by molar-refractivity contribution is 14.1. The Morgan fingerprint density at radius 1 is 1.23 bits per heavy atom. The van der Waals surface area contributed by atoms with Gasteiger partial charge in [0, 0.05) is 4.47 Å². The Bertz CT molecular complexity index is 1050. The van der Waals surface area contributed by atoms with Gasteiger partial charge in [0.05, 0.1) is 21.6 Å². The van der Waals surface area contributed by atoms with Crippen molar-refractivity contribution in [1.29, 1.82) is 0 Å². The number of hydrogen-bond acceptors (Lipinski definition) is 5. The first-order valence-corrected chi connectivity index (χ1v) is 11.6. The molecule has 2 aromatic rings. The predicted molar refractivity (Wildman–Crippen MR) is 130 cm³/mol. The summed E-state index contributed by atoms with van der Waals surface area (Å²) >= 11 is 6.48. The van der Waals surface area contributed by atoms with Gasteiger partial charge >= 0.3 is 0 Å². The van der Waals surface area contributed by atoms with Crippen LogP contribution >= 0.6 is 50.3 Å². The van der Waals surface area contributed by atoms with Crippen LogP contribution in [0.15, 0.2) is 45.8 Å². The van der Waals surface area contributed by atoms with Gasteiger partial charge in [-0.3, -0.25) is 14.5 Å². The Kier molecular flexibility index (Phi) is 7.86. The Morgan fingerprint density at radius 3 is 2.63 bits per heavy atom. The first kappa shape index (κ1) is 22.7. The quantitative estimate of drug-likeness (QED) is 0.233. The van der Waals surface area contributed by atoms with E-state index in [1.165, 1.54) is 0 Å². The zero-order chi connectivity index (χ0) is 21.7. The molecule has 0 bridgehead atoms. The second-order valence-corrected chi connectivity index (χ2v) is 9.22. The van der Waals surface area contributed by atoms with E-state index in [-0.39, 0.29) is 17.7 Å². The van der Waals surface area contributed by atoms with Crippen LogP contribution < -0.4 is 9.47 Å². The summed E-state index contributed by atoms with van der Waals surface area (Å²) in [6, 6.07) is 11.6. The van der Waals surface area contributed by atoms with Crippen LogP contribution in [0.3, 0.4) is 0 Å². The van der Waals surface area contributed by atoms with E-state index in [4.69, 9.17) is 15.9 Å². The van der Waals surface area contributed by atoms with Gasteiger partial charge in [-0.05, 0) is 82.7 Å². The van der Waals surface area contributed by atoms with E-state index in [9.17, 15) is 9.59 Å². The molecule has 2 aromatic carbocycles. The van der Waals surface area contributed by atoms with Gasteiger partial charge in [0.2, 0.25) is 0 Å². The van der Waals surface area contributed by atoms with E-state index in [0.717, 1.165) is 35.8 Å². The lowest BCUT2D eigenvalue weighted by Gasteiger charge is -2.15. The number of hydrogen-bond donors (Lipinski definition) is 0. The van der Waals surface area contributed by atoms with Gasteiger partial charge in [-0.15, -0.1) is 6.42 Å². The maximum absolute atomic E-state index is 12.4. The molecule has 5 nitrogen and oxygen atoms in total. The van der Waals surface area contributed by atoms with Crippen molar-refractivity contribution in [3.63, 3.8) is 0 Å². The van der Waals surface area contributed by atoms with Crippen molar-refractivity contribution in [2.75, 3.05) is 13.2 Å². The zero-order valence-corrected chi connectivity index (χ0v) is 20.5. The second kappa shape index (κ2) is 10.4. The number of nitrogens with zero attached hydrogens (tertiary/aromatic N) is 1. The van der Waals surface area contributed by atoms with Gasteiger partial charge < -0.3 is 9.47 Å². The van der Waals surface area contributed by atoms with Crippen LogP contribution in [-0.4, -0.2) is 29.2 Å². The molecule has 30 heavy (non-hydrogen) atoms. The Morgan fingerprint density at radius 2 is 1.97 bits per heavy atom. The summed E-state index contributed by atoms with van der Waals surface area (Å²) in [7, 11) is 0. The van der Waals surface area contributed by atoms with Crippen LogP contribution in [0, 0.1) is 15.9 Å². The lowest BCUT2D eigenvalue weighted by atomic mass is 10.1. The standard InChI is InChI=1S/C22H17BrINO4S/c1-3-9-25-21(26)19(30-22(25)27)12-15-10-17(24)20(18(11-15)28-4-2)29-13-14-5-7-16(23)8-6-14/h1,5-8,10-12H,4,9,13H2,2H3/b19-12+. The van der Waals surface area contributed by atoms with Crippen molar-refractivity contribution in [3.8, 4) is 23.8 Å². The third-order valence-electron chi connectivity index (χ3n) is 4.05. The highest BCUT2D eigenvalue weighted by Gasteiger charge is 2.34. The largest absolute Gasteiger partial charge is 0.490 e. The number of amides is 2. The van der Waals surface area contributed by atoms with Gasteiger partial charge in [-0.1, -0.05) is 34.0 Å². The molecule has 0 spiro atoms. The monoisotopic (exact) mass is 597 g/mol. The highest BCUT2D eigenvalue weighted by Crippen LogP contribution is 2.37. The maximum Gasteiger partial charge on any atom is 0.294 e. The van der Waals surface area contributed by atoms with Crippen molar-refractivity contribution in [2.45, 2.75) is 13.5 Å². The molecule has 2 amide bonds. The first-order valence-electron chi connectivity index (χ1n) is 8.95. The van der Waals surface area contributed by atoms with Crippen molar-refractivity contribution in [1.82, 2.24) is 4.90 Å². The van der Waals surface area contributed by atoms with E-state index >= 15 is 0 Å². The fourth-order valence-electron chi connectivity index (χ4n) is 2.69. The van der Waals surface area contributed by atoms with Gasteiger partial charge in [-0.2, -0.15) is 0 Å². The number of terminal acetylenes is 1. The molecule has 0 radical (unpaired) electrons. The van der Waals surface area contributed by atoms with E-state index < -0.39 is 0 Å². The van der Waals surface area contributed by atoms with E-state index in [0.29, 0.717) is 29.6 Å². The summed E-state index contributed by atoms with van der Waals surface area (Å²) in [5.74, 6) is 3.16. The number of halogens is 2. The summed E-state index contributed by atoms with van der Waals surface area (Å²) in [5, 5.41) is -0.363. The normalized spacial score (nSPS) is 14.9. The molecule has 0 N–H and O–H groups in total.